The Bertz CT molecular complexity index is 558. The highest BCUT2D eigenvalue weighted by molar-refractivity contribution is 5.58. The van der Waals surface area contributed by atoms with Crippen molar-refractivity contribution in [2.24, 2.45) is 17.8 Å². The van der Waals surface area contributed by atoms with E-state index in [-0.39, 0.29) is 11.6 Å². The van der Waals surface area contributed by atoms with Gasteiger partial charge in [-0.15, -0.1) is 0 Å². The quantitative estimate of drug-likeness (QED) is 0.837. The Morgan fingerprint density at radius 3 is 2.84 bits per heavy atom. The summed E-state index contributed by atoms with van der Waals surface area (Å²) in [5.41, 5.74) is 0.731. The van der Waals surface area contributed by atoms with Crippen molar-refractivity contribution in [2.45, 2.75) is 25.8 Å². The van der Waals surface area contributed by atoms with Crippen molar-refractivity contribution in [2.75, 3.05) is 5.32 Å². The number of halogens is 1. The van der Waals surface area contributed by atoms with Crippen LogP contribution >= 0.6 is 0 Å². The summed E-state index contributed by atoms with van der Waals surface area (Å²) in [6, 6.07) is 6.95. The fourth-order valence-corrected chi connectivity index (χ4v) is 3.51. The summed E-state index contributed by atoms with van der Waals surface area (Å²) in [5.74, 6) is 1.51. The van der Waals surface area contributed by atoms with E-state index in [2.05, 4.69) is 24.4 Å². The molecule has 4 atom stereocenters. The minimum absolute atomic E-state index is 0.119. The zero-order valence-electron chi connectivity index (χ0n) is 10.9. The van der Waals surface area contributed by atoms with Gasteiger partial charge in [-0.25, -0.2) is 4.39 Å². The van der Waals surface area contributed by atoms with Crippen LogP contribution in [0.3, 0.4) is 0 Å². The van der Waals surface area contributed by atoms with Gasteiger partial charge in [-0.1, -0.05) is 18.2 Å². The first-order valence-electron chi connectivity index (χ1n) is 6.82. The summed E-state index contributed by atoms with van der Waals surface area (Å²) in [6.07, 6.45) is 7.09. The predicted octanol–water partition coefficient (Wildman–Crippen LogP) is 3.71. The van der Waals surface area contributed by atoms with Gasteiger partial charge in [0.25, 0.3) is 0 Å². The molecular weight excluding hydrogens is 239 g/mol. The largest absolute Gasteiger partial charge is 0.381 e. The Morgan fingerprint density at radius 1 is 1.37 bits per heavy atom. The van der Waals surface area contributed by atoms with Crippen LogP contribution in [0.1, 0.15) is 25.3 Å². The molecule has 2 bridgehead atoms. The third-order valence-electron chi connectivity index (χ3n) is 4.48. The topological polar surface area (TPSA) is 35.8 Å². The number of hydrogen-bond acceptors (Lipinski definition) is 2. The van der Waals surface area contributed by atoms with Crippen LogP contribution in [-0.4, -0.2) is 6.04 Å². The number of rotatable bonds is 3. The highest BCUT2D eigenvalue weighted by Gasteiger charge is 2.38. The highest BCUT2D eigenvalue weighted by atomic mass is 19.1. The number of nitrogens with zero attached hydrogens (tertiary/aromatic N) is 1. The van der Waals surface area contributed by atoms with E-state index in [1.165, 1.54) is 18.9 Å². The molecule has 2 aliphatic carbocycles. The Hall–Kier alpha value is -1.82. The maximum atomic E-state index is 13.6. The van der Waals surface area contributed by atoms with E-state index < -0.39 is 5.82 Å². The predicted molar refractivity (Wildman–Crippen MR) is 73.0 cm³/mol. The van der Waals surface area contributed by atoms with Crippen molar-refractivity contribution in [3.8, 4) is 6.07 Å². The SMILES string of the molecule is CC(Nc1cccc(F)c1C#N)C1CC2C=CC1C2. The number of allylic oxidation sites excluding steroid dienone is 2. The zero-order chi connectivity index (χ0) is 13.4. The van der Waals surface area contributed by atoms with Crippen LogP contribution in [0.15, 0.2) is 30.4 Å². The van der Waals surface area contributed by atoms with Gasteiger partial charge in [0.1, 0.15) is 17.4 Å². The lowest BCUT2D eigenvalue weighted by molar-refractivity contribution is 0.399. The van der Waals surface area contributed by atoms with E-state index in [0.29, 0.717) is 17.5 Å². The molecule has 1 N–H and O–H groups in total. The number of hydrogen-bond donors (Lipinski definition) is 1. The molecule has 4 unspecified atom stereocenters. The zero-order valence-corrected chi connectivity index (χ0v) is 10.9. The molecule has 3 rings (SSSR count). The maximum Gasteiger partial charge on any atom is 0.143 e. The summed E-state index contributed by atoms with van der Waals surface area (Å²) < 4.78 is 13.6. The molecule has 1 saturated carbocycles. The first-order chi connectivity index (χ1) is 9.19. The second kappa shape index (κ2) is 4.70. The van der Waals surface area contributed by atoms with E-state index >= 15 is 0 Å². The van der Waals surface area contributed by atoms with E-state index in [9.17, 15) is 4.39 Å². The van der Waals surface area contributed by atoms with Gasteiger partial charge >= 0.3 is 0 Å². The van der Waals surface area contributed by atoms with Crippen LogP contribution in [0.4, 0.5) is 10.1 Å². The van der Waals surface area contributed by atoms with Gasteiger partial charge in [0, 0.05) is 6.04 Å². The van der Waals surface area contributed by atoms with Gasteiger partial charge in [-0.05, 0) is 49.7 Å². The van der Waals surface area contributed by atoms with Gasteiger partial charge in [0.05, 0.1) is 5.69 Å². The monoisotopic (exact) mass is 256 g/mol. The fourth-order valence-electron chi connectivity index (χ4n) is 3.51. The third-order valence-corrected chi connectivity index (χ3v) is 4.48. The van der Waals surface area contributed by atoms with Gasteiger partial charge in [-0.3, -0.25) is 0 Å². The summed E-state index contributed by atoms with van der Waals surface area (Å²) in [7, 11) is 0. The van der Waals surface area contributed by atoms with Gasteiger partial charge in [-0.2, -0.15) is 5.26 Å². The van der Waals surface area contributed by atoms with Crippen molar-refractivity contribution in [1.29, 1.82) is 5.26 Å². The highest BCUT2D eigenvalue weighted by Crippen LogP contribution is 2.45. The minimum Gasteiger partial charge on any atom is -0.381 e. The Kier molecular flexibility index (Phi) is 3.02. The number of fused-ring (bicyclic) bond motifs is 2. The van der Waals surface area contributed by atoms with E-state index in [4.69, 9.17) is 5.26 Å². The molecular formula is C16H17FN2. The van der Waals surface area contributed by atoms with Crippen LogP contribution in [-0.2, 0) is 0 Å². The molecule has 0 aliphatic heterocycles. The van der Waals surface area contributed by atoms with Crippen LogP contribution in [0.25, 0.3) is 0 Å². The van der Waals surface area contributed by atoms with E-state index in [1.807, 2.05) is 6.07 Å². The second-order valence-corrected chi connectivity index (χ2v) is 5.65. The van der Waals surface area contributed by atoms with Crippen LogP contribution in [0.5, 0.6) is 0 Å². The lowest BCUT2D eigenvalue weighted by atomic mass is 9.87. The van der Waals surface area contributed by atoms with Crippen LogP contribution < -0.4 is 5.32 Å². The van der Waals surface area contributed by atoms with Crippen molar-refractivity contribution in [3.63, 3.8) is 0 Å². The van der Waals surface area contributed by atoms with Crippen molar-refractivity contribution < 1.29 is 4.39 Å². The average molecular weight is 256 g/mol. The van der Waals surface area contributed by atoms with Crippen molar-refractivity contribution >= 4 is 5.69 Å². The normalized spacial score (nSPS) is 29.2. The average Bonchev–Trinajstić information content (AvgIpc) is 3.01. The third kappa shape index (κ3) is 2.12. The van der Waals surface area contributed by atoms with E-state index in [0.717, 1.165) is 5.92 Å². The Balaban J connectivity index is 1.77. The Labute approximate surface area is 112 Å². The summed E-state index contributed by atoms with van der Waals surface area (Å²) in [6.45, 7) is 2.13. The molecule has 2 aliphatic rings. The first kappa shape index (κ1) is 12.2. The number of nitriles is 1. The lowest BCUT2D eigenvalue weighted by Gasteiger charge is -2.27. The smallest absolute Gasteiger partial charge is 0.143 e. The molecule has 1 aromatic carbocycles. The van der Waals surface area contributed by atoms with Crippen molar-refractivity contribution in [3.05, 3.63) is 41.7 Å². The lowest BCUT2D eigenvalue weighted by Crippen LogP contribution is -2.29. The maximum absolute atomic E-state index is 13.6. The van der Waals surface area contributed by atoms with Crippen LogP contribution in [0, 0.1) is 34.9 Å². The molecule has 19 heavy (non-hydrogen) atoms. The molecule has 0 saturated heterocycles. The number of nitrogens with one attached hydrogen (secondary N) is 1. The van der Waals surface area contributed by atoms with Gasteiger partial charge in [0.15, 0.2) is 0 Å². The van der Waals surface area contributed by atoms with Gasteiger partial charge < -0.3 is 5.32 Å². The van der Waals surface area contributed by atoms with Crippen molar-refractivity contribution in [1.82, 2.24) is 0 Å². The molecule has 0 heterocycles. The van der Waals surface area contributed by atoms with Gasteiger partial charge in [0.2, 0.25) is 0 Å². The molecule has 1 aromatic rings. The Morgan fingerprint density at radius 2 is 2.21 bits per heavy atom. The minimum atomic E-state index is -0.451. The second-order valence-electron chi connectivity index (χ2n) is 5.65. The molecule has 2 nitrogen and oxygen atoms in total. The number of benzene rings is 1. The standard InChI is InChI=1S/C16H17FN2/c1-10(13-8-11-5-6-12(13)7-11)19-16-4-2-3-15(17)14(16)9-18/h2-6,10-13,19H,7-8H2,1H3. The molecule has 0 aromatic heterocycles. The molecule has 0 radical (unpaired) electrons. The summed E-state index contributed by atoms with van der Waals surface area (Å²) >= 11 is 0. The molecule has 1 fully saturated rings. The summed E-state index contributed by atoms with van der Waals surface area (Å²) in [4.78, 5) is 0. The van der Waals surface area contributed by atoms with Crippen LogP contribution in [0.2, 0.25) is 0 Å². The fraction of sp³-hybridized carbons (Fsp3) is 0.438. The molecule has 3 heteroatoms. The summed E-state index contributed by atoms with van der Waals surface area (Å²) in [5, 5.41) is 12.4. The molecule has 0 spiro atoms. The number of anilines is 1. The molecule has 0 amide bonds. The first-order valence-corrected chi connectivity index (χ1v) is 6.82. The molecule has 98 valence electrons. The van der Waals surface area contributed by atoms with E-state index in [1.54, 1.807) is 12.1 Å².